The zero-order valence-corrected chi connectivity index (χ0v) is 28.4. The van der Waals surface area contributed by atoms with Crippen LogP contribution in [-0.4, -0.2) is 93.7 Å². The molecule has 12 nitrogen and oxygen atoms in total. The van der Waals surface area contributed by atoms with E-state index in [9.17, 15) is 21.9 Å². The zero-order valence-electron chi connectivity index (χ0n) is 26.7. The molecule has 14 heteroatoms. The smallest absolute Gasteiger partial charge is 0.243 e. The average molecular weight is 696 g/mol. The summed E-state index contributed by atoms with van der Waals surface area (Å²) in [4.78, 5) is 0.337. The highest BCUT2D eigenvalue weighted by Gasteiger charge is 2.44. The molecule has 0 aliphatic carbocycles. The number of rotatable bonds is 13. The van der Waals surface area contributed by atoms with Crippen LogP contribution in [0.2, 0.25) is 0 Å². The lowest BCUT2D eigenvalue weighted by Crippen LogP contribution is -2.47. The number of piperidine rings is 1. The van der Waals surface area contributed by atoms with Gasteiger partial charge in [-0.25, -0.2) is 21.6 Å². The second-order valence-corrected chi connectivity index (χ2v) is 16.1. The van der Waals surface area contributed by atoms with Crippen LogP contribution in [0.25, 0.3) is 11.1 Å². The summed E-state index contributed by atoms with van der Waals surface area (Å²) in [6.45, 7) is 2.05. The molecule has 2 saturated heterocycles. The summed E-state index contributed by atoms with van der Waals surface area (Å²) in [6, 6.07) is 23.1. The Kier molecular flexibility index (Phi) is 10.3. The second kappa shape index (κ2) is 14.5. The van der Waals surface area contributed by atoms with Crippen molar-refractivity contribution in [2.45, 2.75) is 53.3 Å². The molecule has 0 bridgehead atoms. The van der Waals surface area contributed by atoms with E-state index in [1.807, 2.05) is 47.3 Å². The van der Waals surface area contributed by atoms with E-state index in [2.05, 4.69) is 15.1 Å². The maximum absolute atomic E-state index is 13.7. The Hall–Kier alpha value is -3.63. The fraction of sp³-hybridized carbons (Fsp3) is 0.382. The number of ether oxygens (including phenoxy) is 2. The van der Waals surface area contributed by atoms with Crippen LogP contribution in [0.15, 0.2) is 101 Å². The average Bonchev–Trinajstić information content (AvgIpc) is 3.74. The number of nitrogens with zero attached hydrogens (tertiary/aromatic N) is 3. The van der Waals surface area contributed by atoms with E-state index in [1.54, 1.807) is 36.5 Å². The molecular weight excluding hydrogens is 655 g/mol. The van der Waals surface area contributed by atoms with Gasteiger partial charge in [-0.3, -0.25) is 4.68 Å². The fourth-order valence-electron chi connectivity index (χ4n) is 6.22. The molecule has 0 saturated carbocycles. The predicted octanol–water partition coefficient (Wildman–Crippen LogP) is 2.85. The Morgan fingerprint density at radius 3 is 2.50 bits per heavy atom. The minimum atomic E-state index is -3.71. The molecule has 256 valence electrons. The van der Waals surface area contributed by atoms with Crippen LogP contribution in [0, 0.1) is 0 Å². The number of hydrogen-bond acceptors (Lipinski definition) is 9. The molecule has 3 N–H and O–H groups in total. The lowest BCUT2D eigenvalue weighted by Gasteiger charge is -2.38. The molecule has 1 unspecified atom stereocenters. The molecular formula is C34H41N5O7S2. The minimum absolute atomic E-state index is 0.00592. The van der Waals surface area contributed by atoms with Gasteiger partial charge in [0.05, 0.1) is 34.7 Å². The first-order chi connectivity index (χ1) is 23.0. The van der Waals surface area contributed by atoms with Gasteiger partial charge in [0, 0.05) is 43.5 Å². The van der Waals surface area contributed by atoms with E-state index in [0.717, 1.165) is 16.7 Å². The van der Waals surface area contributed by atoms with E-state index in [0.29, 0.717) is 51.3 Å². The van der Waals surface area contributed by atoms with Crippen LogP contribution >= 0.6 is 0 Å². The van der Waals surface area contributed by atoms with Crippen molar-refractivity contribution in [2.24, 2.45) is 0 Å². The summed E-state index contributed by atoms with van der Waals surface area (Å²) in [5.74, 6) is 0.344. The van der Waals surface area contributed by atoms with E-state index >= 15 is 0 Å². The fourth-order valence-corrected chi connectivity index (χ4v) is 8.47. The van der Waals surface area contributed by atoms with Gasteiger partial charge < -0.3 is 19.9 Å². The summed E-state index contributed by atoms with van der Waals surface area (Å²) in [6.07, 6.45) is 4.72. The first-order valence-corrected chi connectivity index (χ1v) is 18.9. The highest BCUT2D eigenvalue weighted by Crippen LogP contribution is 2.37. The Morgan fingerprint density at radius 2 is 1.73 bits per heavy atom. The van der Waals surface area contributed by atoms with E-state index in [1.165, 1.54) is 23.5 Å². The Balaban J connectivity index is 0.984. The number of hydrogen-bond donors (Lipinski definition) is 3. The number of benzene rings is 3. The molecule has 1 spiro atoms. The van der Waals surface area contributed by atoms with Gasteiger partial charge in [-0.1, -0.05) is 48.5 Å². The van der Waals surface area contributed by atoms with Crippen molar-refractivity contribution in [3.63, 3.8) is 0 Å². The molecule has 4 aromatic rings. The van der Waals surface area contributed by atoms with Gasteiger partial charge in [-0.15, -0.1) is 0 Å². The number of sulfonamides is 2. The van der Waals surface area contributed by atoms with Crippen molar-refractivity contribution in [2.75, 3.05) is 39.9 Å². The molecule has 0 amide bonds. The van der Waals surface area contributed by atoms with Gasteiger partial charge in [-0.05, 0) is 61.7 Å². The summed E-state index contributed by atoms with van der Waals surface area (Å²) >= 11 is 0. The number of aliphatic hydroxyl groups is 1. The molecule has 3 heterocycles. The molecule has 6 rings (SSSR count). The van der Waals surface area contributed by atoms with Crippen molar-refractivity contribution < 1.29 is 31.4 Å². The quantitative estimate of drug-likeness (QED) is 0.192. The summed E-state index contributed by atoms with van der Waals surface area (Å²) < 4.78 is 69.0. The third kappa shape index (κ3) is 7.97. The first-order valence-electron chi connectivity index (χ1n) is 15.9. The van der Waals surface area contributed by atoms with Crippen LogP contribution in [0.1, 0.15) is 24.8 Å². The second-order valence-electron chi connectivity index (χ2n) is 12.3. The highest BCUT2D eigenvalue weighted by atomic mass is 32.2. The summed E-state index contributed by atoms with van der Waals surface area (Å²) in [5, 5.41) is 18.3. The predicted molar refractivity (Wildman–Crippen MR) is 180 cm³/mol. The van der Waals surface area contributed by atoms with Crippen molar-refractivity contribution >= 4 is 20.0 Å². The largest absolute Gasteiger partial charge is 0.491 e. The third-order valence-corrected chi connectivity index (χ3v) is 12.2. The summed E-state index contributed by atoms with van der Waals surface area (Å²) in [7, 11) is -5.97. The summed E-state index contributed by atoms with van der Waals surface area (Å²) in [5.41, 5.74) is 2.36. The Morgan fingerprint density at radius 1 is 0.979 bits per heavy atom. The van der Waals surface area contributed by atoms with Crippen LogP contribution < -0.4 is 14.8 Å². The van der Waals surface area contributed by atoms with Crippen LogP contribution in [0.4, 0.5) is 0 Å². The van der Waals surface area contributed by atoms with Crippen molar-refractivity contribution in [3.05, 3.63) is 96.8 Å². The maximum atomic E-state index is 13.7. The lowest BCUT2D eigenvalue weighted by molar-refractivity contribution is -0.0312. The van der Waals surface area contributed by atoms with Gasteiger partial charge in [0.1, 0.15) is 18.5 Å². The van der Waals surface area contributed by atoms with Crippen LogP contribution in [-0.2, 0) is 31.3 Å². The van der Waals surface area contributed by atoms with Gasteiger partial charge in [0.25, 0.3) is 0 Å². The van der Waals surface area contributed by atoms with Crippen molar-refractivity contribution in [1.29, 1.82) is 0 Å². The SMILES string of the molecule is CNS(=O)(=O)c1cccc(OC[C@@H](O)CNC2COC3(CCN(S(=O)(=O)c4cccc(-c5cnn(Cc6ccccc6)c5)c4)CC3)C2)c1. The molecule has 2 aliphatic heterocycles. The highest BCUT2D eigenvalue weighted by molar-refractivity contribution is 7.89. The van der Waals surface area contributed by atoms with E-state index in [-0.39, 0.29) is 29.0 Å². The molecule has 2 atom stereocenters. The van der Waals surface area contributed by atoms with Crippen molar-refractivity contribution in [3.8, 4) is 16.9 Å². The molecule has 2 fully saturated rings. The minimum Gasteiger partial charge on any atom is -0.491 e. The lowest BCUT2D eigenvalue weighted by atomic mass is 9.88. The van der Waals surface area contributed by atoms with E-state index in [4.69, 9.17) is 9.47 Å². The first kappa shape index (κ1) is 34.2. The monoisotopic (exact) mass is 695 g/mol. The Bertz CT molecular complexity index is 1910. The van der Waals surface area contributed by atoms with Crippen LogP contribution in [0.5, 0.6) is 5.75 Å². The normalized spacial score (nSPS) is 19.0. The van der Waals surface area contributed by atoms with Gasteiger partial charge in [0.2, 0.25) is 20.0 Å². The third-order valence-electron chi connectivity index (χ3n) is 8.94. The van der Waals surface area contributed by atoms with E-state index < -0.39 is 31.8 Å². The molecule has 48 heavy (non-hydrogen) atoms. The number of nitrogens with one attached hydrogen (secondary N) is 2. The Labute approximate surface area is 281 Å². The number of aromatic nitrogens is 2. The molecule has 2 aliphatic rings. The zero-order chi connectivity index (χ0) is 33.8. The topological polar surface area (TPSA) is 152 Å². The molecule has 0 radical (unpaired) electrons. The standard InChI is InChI=1S/C34H41N5O7S2/c1-35-47(41,42)32-11-6-10-31(18-32)45-25-30(40)21-36-29-19-34(46-24-29)13-15-39(16-14-34)48(43,44)33-12-5-9-27(17-33)28-20-37-38(23-28)22-26-7-3-2-4-8-26/h2-12,17-18,20,23,29-30,35-36,40H,13-16,19,21-22,24-25H2,1H3/t29?,30-/m0/s1. The van der Waals surface area contributed by atoms with Gasteiger partial charge in [-0.2, -0.15) is 9.40 Å². The van der Waals surface area contributed by atoms with Crippen molar-refractivity contribution in [1.82, 2.24) is 24.1 Å². The van der Waals surface area contributed by atoms with Gasteiger partial charge in [0.15, 0.2) is 0 Å². The maximum Gasteiger partial charge on any atom is 0.243 e. The van der Waals surface area contributed by atoms with Crippen LogP contribution in [0.3, 0.4) is 0 Å². The number of aliphatic hydroxyl groups excluding tert-OH is 1. The van der Waals surface area contributed by atoms with Gasteiger partial charge >= 0.3 is 0 Å². The molecule has 3 aromatic carbocycles. The molecule has 1 aromatic heterocycles.